The third-order valence-corrected chi connectivity index (χ3v) is 7.50. The first kappa shape index (κ1) is 31.8. The van der Waals surface area contributed by atoms with Crippen molar-refractivity contribution < 1.29 is 27.5 Å². The summed E-state index contributed by atoms with van der Waals surface area (Å²) < 4.78 is 48.3. The zero-order valence-electron chi connectivity index (χ0n) is 23.5. The van der Waals surface area contributed by atoms with Crippen molar-refractivity contribution in [1.29, 1.82) is 0 Å². The number of hydrogen-bond acceptors (Lipinski definition) is 8. The summed E-state index contributed by atoms with van der Waals surface area (Å²) in [6.07, 6.45) is -0.538. The molecule has 5 rings (SSSR count). The Morgan fingerprint density at radius 2 is 1.93 bits per heavy atom. The summed E-state index contributed by atoms with van der Waals surface area (Å²) in [4.78, 5) is 32.4. The number of H-pyrrole nitrogens is 1. The fourth-order valence-electron chi connectivity index (χ4n) is 4.83. The average molecular weight is 664 g/mol. The maximum Gasteiger partial charge on any atom is 0.411 e. The largest absolute Gasteiger partial charge is 0.453 e. The number of aromatic amines is 1. The molecule has 0 spiro atoms. The number of benzene rings is 2. The number of alkyl halides is 3. The first-order chi connectivity index (χ1) is 21.5. The van der Waals surface area contributed by atoms with Crippen LogP contribution in [0.3, 0.4) is 0 Å². The lowest BCUT2D eigenvalue weighted by Crippen LogP contribution is -2.36. The first-order valence-corrected chi connectivity index (χ1v) is 14.4. The Kier molecular flexibility index (Phi) is 9.58. The zero-order chi connectivity index (χ0) is 32.1. The molecule has 0 saturated carbocycles. The van der Waals surface area contributed by atoms with E-state index in [9.17, 15) is 22.8 Å². The molecule has 0 aliphatic carbocycles. The second kappa shape index (κ2) is 13.6. The molecule has 236 valence electrons. The summed E-state index contributed by atoms with van der Waals surface area (Å²) in [5, 5.41) is 19.5. The Morgan fingerprint density at radius 3 is 2.67 bits per heavy atom. The van der Waals surface area contributed by atoms with E-state index in [1.165, 1.54) is 42.4 Å². The van der Waals surface area contributed by atoms with E-state index in [0.29, 0.717) is 28.5 Å². The van der Waals surface area contributed by atoms with E-state index in [4.69, 9.17) is 23.2 Å². The number of fused-ring (bicyclic) bond motifs is 4. The number of carbonyl (C=O) groups excluding carboxylic acids is 2. The highest BCUT2D eigenvalue weighted by Gasteiger charge is 2.40. The van der Waals surface area contributed by atoms with E-state index >= 15 is 0 Å². The molecule has 2 amide bonds. The summed E-state index contributed by atoms with van der Waals surface area (Å²) in [5.41, 5.74) is 1.82. The third kappa shape index (κ3) is 7.72. The minimum absolute atomic E-state index is 0.0511. The molecule has 17 heteroatoms. The van der Waals surface area contributed by atoms with Gasteiger partial charge in [-0.3, -0.25) is 10.1 Å². The molecule has 2 aromatic carbocycles. The van der Waals surface area contributed by atoms with Gasteiger partial charge in [0.15, 0.2) is 0 Å². The number of amides is 2. The quantitative estimate of drug-likeness (QED) is 0.181. The van der Waals surface area contributed by atoms with Gasteiger partial charge in [0.05, 0.1) is 18.8 Å². The van der Waals surface area contributed by atoms with E-state index < -0.39 is 30.3 Å². The van der Waals surface area contributed by atoms with Crippen molar-refractivity contribution in [1.82, 2.24) is 35.5 Å². The van der Waals surface area contributed by atoms with Gasteiger partial charge in [-0.05, 0) is 65.7 Å². The summed E-state index contributed by atoms with van der Waals surface area (Å²) in [5.74, 6) is -0.165. The third-order valence-electron chi connectivity index (χ3n) is 6.99. The van der Waals surface area contributed by atoms with E-state index in [-0.39, 0.29) is 47.0 Å². The number of halogens is 5. The molecular formula is C28H26Cl2F3N9O3. The zero-order valence-corrected chi connectivity index (χ0v) is 25.0. The average Bonchev–Trinajstić information content (AvgIpc) is 3.66. The van der Waals surface area contributed by atoms with Gasteiger partial charge in [0.1, 0.15) is 29.0 Å². The van der Waals surface area contributed by atoms with Crippen LogP contribution in [0.2, 0.25) is 10.2 Å². The van der Waals surface area contributed by atoms with Crippen LogP contribution in [0.15, 0.2) is 48.8 Å². The molecule has 0 saturated heterocycles. The molecule has 2 aromatic heterocycles. The number of tetrazole rings is 1. The van der Waals surface area contributed by atoms with Crippen molar-refractivity contribution in [2.24, 2.45) is 0 Å². The maximum atomic E-state index is 14.1. The van der Waals surface area contributed by atoms with Crippen LogP contribution in [0.25, 0.3) is 23.0 Å². The Bertz CT molecular complexity index is 1710. The first-order valence-electron chi connectivity index (χ1n) is 13.6. The molecule has 1 unspecified atom stereocenters. The Balaban J connectivity index is 1.45. The van der Waals surface area contributed by atoms with Crippen LogP contribution in [0.1, 0.15) is 43.1 Å². The monoisotopic (exact) mass is 663 g/mol. The molecule has 1 aliphatic heterocycles. The van der Waals surface area contributed by atoms with Gasteiger partial charge in [-0.15, -0.1) is 5.10 Å². The number of imidazole rings is 1. The van der Waals surface area contributed by atoms with Crippen LogP contribution < -0.4 is 16.0 Å². The molecule has 4 aromatic rings. The predicted molar refractivity (Wildman–Crippen MR) is 161 cm³/mol. The number of rotatable bonds is 5. The summed E-state index contributed by atoms with van der Waals surface area (Å²) in [7, 11) is 1.17. The molecular weight excluding hydrogens is 638 g/mol. The predicted octanol–water partition coefficient (Wildman–Crippen LogP) is 6.33. The lowest BCUT2D eigenvalue weighted by Gasteiger charge is -2.25. The standard InChI is InChI=1S/C28H26Cl2F3N9O3/c1-45-27(44)35-17-8-9-18-20(13-17)36-22(28(31,32)33)5-3-2-4-19(26-38-24(18)25(30)39-26)37-23(43)11-6-15-12-16(29)7-10-21(15)42-14-34-40-41-42/h6-14,19,22,36H,2-5H2,1H3,(H,35,44)(H,37,43)(H,38,39)/b11-6+/t19-,22?/m0/s1. The number of hydrogen-bond donors (Lipinski definition) is 4. The second-order valence-corrected chi connectivity index (χ2v) is 10.9. The minimum atomic E-state index is -4.58. The van der Waals surface area contributed by atoms with Crippen molar-refractivity contribution >= 4 is 52.7 Å². The molecule has 3 heterocycles. The van der Waals surface area contributed by atoms with Crippen LogP contribution in [0.5, 0.6) is 0 Å². The second-order valence-electron chi connectivity index (χ2n) is 10.0. The lowest BCUT2D eigenvalue weighted by molar-refractivity contribution is -0.144. The summed E-state index contributed by atoms with van der Waals surface area (Å²) in [6, 6.07) is 6.73. The number of nitrogens with one attached hydrogen (secondary N) is 4. The summed E-state index contributed by atoms with van der Waals surface area (Å²) in [6.45, 7) is 0. The SMILES string of the molecule is COC(=O)Nc1ccc2c(c1)NC(C(F)(F)F)CCCC[C@H](NC(=O)/C=C/c1cc(Cl)ccc1-n1cnnn1)c1nc-2c(Cl)[nH]1. The highest BCUT2D eigenvalue weighted by atomic mass is 35.5. The molecule has 4 N–H and O–H groups in total. The molecule has 45 heavy (non-hydrogen) atoms. The van der Waals surface area contributed by atoms with Gasteiger partial charge in [-0.25, -0.2) is 9.78 Å². The number of nitrogens with zero attached hydrogens (tertiary/aromatic N) is 5. The van der Waals surface area contributed by atoms with Crippen LogP contribution in [0, 0.1) is 0 Å². The smallest absolute Gasteiger partial charge is 0.411 e. The van der Waals surface area contributed by atoms with Crippen molar-refractivity contribution in [2.75, 3.05) is 17.7 Å². The Hall–Kier alpha value is -4.63. The van der Waals surface area contributed by atoms with Crippen molar-refractivity contribution in [3.05, 3.63) is 70.4 Å². The van der Waals surface area contributed by atoms with Gasteiger partial charge >= 0.3 is 12.3 Å². The number of ether oxygens (including phenoxy) is 1. The summed E-state index contributed by atoms with van der Waals surface area (Å²) >= 11 is 12.7. The van der Waals surface area contributed by atoms with Gasteiger partial charge in [0.2, 0.25) is 5.91 Å². The fraction of sp³-hybridized carbons (Fsp3) is 0.286. The van der Waals surface area contributed by atoms with Crippen molar-refractivity contribution in [3.63, 3.8) is 0 Å². The van der Waals surface area contributed by atoms with E-state index in [1.807, 2.05) is 0 Å². The van der Waals surface area contributed by atoms with Crippen LogP contribution in [0.4, 0.5) is 29.3 Å². The van der Waals surface area contributed by atoms with Gasteiger partial charge < -0.3 is 20.4 Å². The number of aromatic nitrogens is 6. The molecule has 1 aliphatic rings. The van der Waals surface area contributed by atoms with Crippen LogP contribution >= 0.6 is 23.2 Å². The van der Waals surface area contributed by atoms with Crippen molar-refractivity contribution in [2.45, 2.75) is 43.9 Å². The maximum absolute atomic E-state index is 14.1. The Labute approximate surface area is 264 Å². The highest BCUT2D eigenvalue weighted by molar-refractivity contribution is 6.32. The topological polar surface area (TPSA) is 152 Å². The van der Waals surface area contributed by atoms with E-state index in [0.717, 1.165) is 0 Å². The molecule has 12 nitrogen and oxygen atoms in total. The normalized spacial score (nSPS) is 17.0. The highest BCUT2D eigenvalue weighted by Crippen LogP contribution is 2.38. The van der Waals surface area contributed by atoms with Crippen LogP contribution in [-0.2, 0) is 9.53 Å². The molecule has 0 radical (unpaired) electrons. The van der Waals surface area contributed by atoms with Gasteiger partial charge in [0, 0.05) is 33.6 Å². The van der Waals surface area contributed by atoms with E-state index in [1.54, 1.807) is 24.3 Å². The van der Waals surface area contributed by atoms with Gasteiger partial charge in [-0.2, -0.15) is 17.9 Å². The lowest BCUT2D eigenvalue weighted by atomic mass is 10.0. The van der Waals surface area contributed by atoms with E-state index in [2.05, 4.69) is 46.2 Å². The fourth-order valence-corrected chi connectivity index (χ4v) is 5.25. The molecule has 2 atom stereocenters. The Morgan fingerprint density at radius 1 is 1.13 bits per heavy atom. The number of methoxy groups -OCH3 is 1. The van der Waals surface area contributed by atoms with Crippen molar-refractivity contribution in [3.8, 4) is 16.9 Å². The molecule has 2 bridgehead atoms. The number of anilines is 2. The molecule has 0 fully saturated rings. The minimum Gasteiger partial charge on any atom is -0.453 e. The van der Waals surface area contributed by atoms with Gasteiger partial charge in [-0.1, -0.05) is 36.0 Å². The number of carbonyl (C=O) groups is 2. The van der Waals surface area contributed by atoms with Gasteiger partial charge in [0.25, 0.3) is 0 Å². The van der Waals surface area contributed by atoms with Crippen LogP contribution in [-0.4, -0.2) is 61.5 Å².